The topological polar surface area (TPSA) is 143 Å². The van der Waals surface area contributed by atoms with Crippen LogP contribution >= 0.6 is 11.6 Å². The summed E-state index contributed by atoms with van der Waals surface area (Å²) in [6, 6.07) is 15.3. The van der Waals surface area contributed by atoms with E-state index in [2.05, 4.69) is 5.32 Å². The fourth-order valence-corrected chi connectivity index (χ4v) is 4.08. The molecule has 0 aliphatic heterocycles. The summed E-state index contributed by atoms with van der Waals surface area (Å²) < 4.78 is 28.6. The highest BCUT2D eigenvalue weighted by atomic mass is 35.5. The number of nitrogens with one attached hydrogen (secondary N) is 1. The van der Waals surface area contributed by atoms with Gasteiger partial charge in [-0.2, -0.15) is 5.26 Å². The Hall–Kier alpha value is -3.91. The second-order valence-corrected chi connectivity index (χ2v) is 10.1. The van der Waals surface area contributed by atoms with E-state index in [0.717, 1.165) is 0 Å². The molecule has 0 bridgehead atoms. The van der Waals surface area contributed by atoms with E-state index < -0.39 is 28.3 Å². The maximum absolute atomic E-state index is 13.3. The smallest absolute Gasteiger partial charge is 0.262 e. The highest BCUT2D eigenvalue weighted by molar-refractivity contribution is 7.89. The van der Waals surface area contributed by atoms with Gasteiger partial charge in [0.15, 0.2) is 12.4 Å². The van der Waals surface area contributed by atoms with Crippen LogP contribution in [-0.4, -0.2) is 40.8 Å². The summed E-state index contributed by atoms with van der Waals surface area (Å²) in [6.45, 7) is 1.19. The van der Waals surface area contributed by atoms with Gasteiger partial charge < -0.3 is 15.0 Å². The maximum Gasteiger partial charge on any atom is 0.262 e. The lowest BCUT2D eigenvalue weighted by Gasteiger charge is -2.15. The van der Waals surface area contributed by atoms with Crippen molar-refractivity contribution in [3.63, 3.8) is 0 Å². The minimum atomic E-state index is -3.87. The molecular weight excluding hydrogens is 504 g/mol. The Morgan fingerprint density at radius 2 is 1.83 bits per heavy atom. The number of carbonyl (C=O) groups excluding carboxylic acids is 2. The quantitative estimate of drug-likeness (QED) is 0.428. The average Bonchev–Trinajstić information content (AvgIpc) is 2.82. The second kappa shape index (κ2) is 10.8. The summed E-state index contributed by atoms with van der Waals surface area (Å²) in [4.78, 5) is 27.5. The Balaban J connectivity index is 1.82. The van der Waals surface area contributed by atoms with Crippen molar-refractivity contribution in [3.05, 3.63) is 81.9 Å². The number of ether oxygens (including phenoxy) is 1. The van der Waals surface area contributed by atoms with Crippen molar-refractivity contribution in [2.75, 3.05) is 30.9 Å². The Labute approximate surface area is 214 Å². The fourth-order valence-electron chi connectivity index (χ4n) is 3.31. The van der Waals surface area contributed by atoms with E-state index in [0.29, 0.717) is 27.5 Å². The molecule has 3 aromatic rings. The van der Waals surface area contributed by atoms with Gasteiger partial charge in [-0.3, -0.25) is 9.59 Å². The zero-order valence-electron chi connectivity index (χ0n) is 19.7. The molecule has 186 valence electrons. The van der Waals surface area contributed by atoms with Crippen LogP contribution in [0.3, 0.4) is 0 Å². The highest BCUT2D eigenvalue weighted by Gasteiger charge is 2.19. The van der Waals surface area contributed by atoms with Crippen molar-refractivity contribution < 1.29 is 22.7 Å². The molecule has 3 N–H and O–H groups in total. The van der Waals surface area contributed by atoms with Crippen molar-refractivity contribution >= 4 is 44.7 Å². The molecule has 0 unspecified atom stereocenters. The number of nitrogens with zero attached hydrogens (tertiary/aromatic N) is 2. The second-order valence-electron chi connectivity index (χ2n) is 8.10. The van der Waals surface area contributed by atoms with Crippen LogP contribution in [0.2, 0.25) is 5.02 Å². The molecule has 9 nitrogen and oxygen atoms in total. The standard InChI is InChI=1S/C25H23ClN4O5S/c1-15-8-20(36(28,33)34)5-6-22(15)29-24(31)14-35-23-7-4-18(26)12-21(23)25(32)17-9-16(13-27)10-19(11-17)30(2)3/h4-12H,14H2,1-3H3,(H,29,31)(H2,28,33,34). The van der Waals surface area contributed by atoms with E-state index in [1.807, 2.05) is 6.07 Å². The van der Waals surface area contributed by atoms with Crippen LogP contribution in [0.25, 0.3) is 0 Å². The van der Waals surface area contributed by atoms with Gasteiger partial charge in [-0.25, -0.2) is 13.6 Å². The van der Waals surface area contributed by atoms with E-state index >= 15 is 0 Å². The van der Waals surface area contributed by atoms with E-state index in [1.165, 1.54) is 42.5 Å². The number of primary sulfonamides is 1. The van der Waals surface area contributed by atoms with Crippen LogP contribution in [0.5, 0.6) is 5.75 Å². The summed E-state index contributed by atoms with van der Waals surface area (Å²) in [6.07, 6.45) is 0. The third-order valence-electron chi connectivity index (χ3n) is 5.17. The first-order valence-electron chi connectivity index (χ1n) is 10.5. The number of nitrogens with two attached hydrogens (primary N) is 1. The van der Waals surface area contributed by atoms with Crippen LogP contribution in [0, 0.1) is 18.3 Å². The number of aryl methyl sites for hydroxylation is 1. The van der Waals surface area contributed by atoms with Gasteiger partial charge in [-0.15, -0.1) is 0 Å². The van der Waals surface area contributed by atoms with Gasteiger partial charge >= 0.3 is 0 Å². The predicted octanol–water partition coefficient (Wildman–Crippen LogP) is 3.48. The summed E-state index contributed by atoms with van der Waals surface area (Å²) in [5.41, 5.74) is 2.25. The molecule has 0 radical (unpaired) electrons. The summed E-state index contributed by atoms with van der Waals surface area (Å²) in [5.74, 6) is -0.826. The Morgan fingerprint density at radius 3 is 2.44 bits per heavy atom. The normalized spacial score (nSPS) is 10.9. The molecule has 0 saturated heterocycles. The van der Waals surface area contributed by atoms with Gasteiger partial charge in [0.1, 0.15) is 5.75 Å². The number of amides is 1. The van der Waals surface area contributed by atoms with Gasteiger partial charge in [0, 0.05) is 36.1 Å². The summed E-state index contributed by atoms with van der Waals surface area (Å²) in [5, 5.41) is 17.4. The lowest BCUT2D eigenvalue weighted by molar-refractivity contribution is -0.118. The number of benzene rings is 3. The number of sulfonamides is 1. The third kappa shape index (κ3) is 6.40. The molecule has 0 aromatic heterocycles. The molecule has 0 aliphatic carbocycles. The Kier molecular flexibility index (Phi) is 8.00. The highest BCUT2D eigenvalue weighted by Crippen LogP contribution is 2.28. The van der Waals surface area contributed by atoms with Gasteiger partial charge in [-0.05, 0) is 67.1 Å². The monoisotopic (exact) mass is 526 g/mol. The van der Waals surface area contributed by atoms with Crippen LogP contribution in [-0.2, 0) is 14.8 Å². The first kappa shape index (κ1) is 26.7. The molecule has 0 spiro atoms. The number of halogens is 1. The number of rotatable bonds is 8. The van der Waals surface area contributed by atoms with Crippen LogP contribution in [0.4, 0.5) is 11.4 Å². The summed E-state index contributed by atoms with van der Waals surface area (Å²) >= 11 is 6.12. The number of hydrogen-bond donors (Lipinski definition) is 2. The van der Waals surface area contributed by atoms with Crippen LogP contribution < -0.4 is 20.1 Å². The molecule has 0 saturated carbocycles. The van der Waals surface area contributed by atoms with Gasteiger partial charge in [0.25, 0.3) is 5.91 Å². The van der Waals surface area contributed by atoms with Crippen molar-refractivity contribution in [2.24, 2.45) is 5.14 Å². The number of anilines is 2. The first-order chi connectivity index (χ1) is 16.9. The number of hydrogen-bond acceptors (Lipinski definition) is 7. The molecule has 0 heterocycles. The van der Waals surface area contributed by atoms with E-state index in [-0.39, 0.29) is 21.8 Å². The van der Waals surface area contributed by atoms with Crippen LogP contribution in [0.15, 0.2) is 59.5 Å². The number of carbonyl (C=O) groups is 2. The zero-order chi connectivity index (χ0) is 26.6. The van der Waals surface area contributed by atoms with Crippen LogP contribution in [0.1, 0.15) is 27.0 Å². The zero-order valence-corrected chi connectivity index (χ0v) is 21.3. The molecule has 36 heavy (non-hydrogen) atoms. The molecule has 0 fully saturated rings. The minimum absolute atomic E-state index is 0.0727. The lowest BCUT2D eigenvalue weighted by Crippen LogP contribution is -2.21. The Morgan fingerprint density at radius 1 is 1.11 bits per heavy atom. The maximum atomic E-state index is 13.3. The summed E-state index contributed by atoms with van der Waals surface area (Å²) in [7, 11) is -0.283. The number of nitriles is 1. The van der Waals surface area contributed by atoms with Gasteiger partial charge in [0.05, 0.1) is 22.1 Å². The molecular formula is C25H23ClN4O5S. The van der Waals surface area contributed by atoms with Crippen molar-refractivity contribution in [1.29, 1.82) is 5.26 Å². The molecule has 0 aliphatic rings. The molecule has 0 atom stereocenters. The van der Waals surface area contributed by atoms with E-state index in [1.54, 1.807) is 38.1 Å². The third-order valence-corrected chi connectivity index (χ3v) is 6.32. The molecule has 1 amide bonds. The predicted molar refractivity (Wildman–Crippen MR) is 137 cm³/mol. The first-order valence-corrected chi connectivity index (χ1v) is 12.4. The molecule has 3 rings (SSSR count). The van der Waals surface area contributed by atoms with Crippen molar-refractivity contribution in [2.45, 2.75) is 11.8 Å². The fraction of sp³-hybridized carbons (Fsp3) is 0.160. The lowest BCUT2D eigenvalue weighted by atomic mass is 9.99. The largest absolute Gasteiger partial charge is 0.483 e. The van der Waals surface area contributed by atoms with E-state index in [9.17, 15) is 23.3 Å². The van der Waals surface area contributed by atoms with Gasteiger partial charge in [0.2, 0.25) is 10.0 Å². The van der Waals surface area contributed by atoms with Crippen molar-refractivity contribution in [1.82, 2.24) is 0 Å². The molecule has 11 heteroatoms. The molecule has 3 aromatic carbocycles. The van der Waals surface area contributed by atoms with Crippen molar-refractivity contribution in [3.8, 4) is 11.8 Å². The van der Waals surface area contributed by atoms with E-state index in [4.69, 9.17) is 21.5 Å². The minimum Gasteiger partial charge on any atom is -0.483 e. The van der Waals surface area contributed by atoms with Gasteiger partial charge in [-0.1, -0.05) is 11.6 Å². The average molecular weight is 527 g/mol. The SMILES string of the molecule is Cc1cc(S(N)(=O)=O)ccc1NC(=O)COc1ccc(Cl)cc1C(=O)c1cc(C#N)cc(N(C)C)c1. The number of ketones is 1. The Bertz CT molecular complexity index is 1500.